The van der Waals surface area contributed by atoms with Gasteiger partial charge in [-0.05, 0) is 67.6 Å². The second-order valence-electron chi connectivity index (χ2n) is 7.73. The van der Waals surface area contributed by atoms with Gasteiger partial charge in [-0.1, -0.05) is 19.1 Å². The zero-order valence-electron chi connectivity index (χ0n) is 16.6. The largest absolute Gasteiger partial charge is 0.497 e. The number of hydrazone groups is 1. The number of benzene rings is 2. The Hall–Kier alpha value is -2.82. The molecule has 0 saturated carbocycles. The molecule has 3 rings (SSSR count). The molecule has 2 aromatic carbocycles. The lowest BCUT2D eigenvalue weighted by Gasteiger charge is -2.45. The van der Waals surface area contributed by atoms with Crippen molar-refractivity contribution < 1.29 is 9.53 Å². The molecule has 1 aliphatic rings. The number of ether oxygens (including phenoxy) is 1. The van der Waals surface area contributed by atoms with E-state index >= 15 is 0 Å². The Morgan fingerprint density at radius 1 is 1.30 bits per heavy atom. The average Bonchev–Trinajstić information content (AvgIpc) is 2.66. The second kappa shape index (κ2) is 7.43. The maximum Gasteiger partial charge on any atom is 0.271 e. The third kappa shape index (κ3) is 3.97. The van der Waals surface area contributed by atoms with E-state index in [4.69, 9.17) is 4.74 Å². The molecule has 0 fully saturated rings. The molecule has 5 heteroatoms. The normalized spacial score (nSPS) is 18.3. The quantitative estimate of drug-likeness (QED) is 0.653. The second-order valence-corrected chi connectivity index (χ2v) is 7.73. The van der Waals surface area contributed by atoms with Gasteiger partial charge in [0.15, 0.2) is 0 Å². The van der Waals surface area contributed by atoms with Crippen molar-refractivity contribution in [3.8, 4) is 5.75 Å². The number of hydrogen-bond donors (Lipinski definition) is 1. The Kier molecular flexibility index (Phi) is 5.22. The van der Waals surface area contributed by atoms with E-state index in [1.165, 1.54) is 11.3 Å². The fourth-order valence-electron chi connectivity index (χ4n) is 3.67. The Balaban J connectivity index is 1.73. The minimum atomic E-state index is -0.266. The number of hydrogen-bond acceptors (Lipinski definition) is 4. The van der Waals surface area contributed by atoms with Crippen LogP contribution in [0.25, 0.3) is 0 Å². The lowest BCUT2D eigenvalue weighted by Crippen LogP contribution is -2.45. The van der Waals surface area contributed by atoms with Gasteiger partial charge in [0.1, 0.15) is 5.75 Å². The van der Waals surface area contributed by atoms with Crippen molar-refractivity contribution >= 4 is 17.8 Å². The van der Waals surface area contributed by atoms with Gasteiger partial charge in [-0.3, -0.25) is 4.79 Å². The van der Waals surface area contributed by atoms with Crippen molar-refractivity contribution in [2.45, 2.75) is 38.6 Å². The summed E-state index contributed by atoms with van der Waals surface area (Å²) in [5.74, 6) is 0.853. The molecule has 1 heterocycles. The Bertz CT molecular complexity index is 874. The Morgan fingerprint density at radius 2 is 2.07 bits per heavy atom. The van der Waals surface area contributed by atoms with Crippen LogP contribution in [0.4, 0.5) is 5.69 Å². The van der Waals surface area contributed by atoms with Crippen molar-refractivity contribution in [2.24, 2.45) is 5.10 Å². The van der Waals surface area contributed by atoms with Gasteiger partial charge in [0, 0.05) is 23.8 Å². The fourth-order valence-corrected chi connectivity index (χ4v) is 3.67. The molecule has 0 radical (unpaired) electrons. The van der Waals surface area contributed by atoms with Crippen LogP contribution in [0.1, 0.15) is 54.6 Å². The van der Waals surface area contributed by atoms with Crippen LogP contribution >= 0.6 is 0 Å². The van der Waals surface area contributed by atoms with E-state index < -0.39 is 0 Å². The smallest absolute Gasteiger partial charge is 0.271 e. The van der Waals surface area contributed by atoms with E-state index in [0.717, 1.165) is 12.0 Å². The van der Waals surface area contributed by atoms with Crippen LogP contribution in [0, 0.1) is 0 Å². The lowest BCUT2D eigenvalue weighted by molar-refractivity contribution is 0.0955. The third-order valence-electron chi connectivity index (χ3n) is 5.37. The van der Waals surface area contributed by atoms with E-state index in [-0.39, 0.29) is 11.4 Å². The van der Waals surface area contributed by atoms with Crippen LogP contribution in [0.2, 0.25) is 0 Å². The number of methoxy groups -OCH3 is 1. The summed E-state index contributed by atoms with van der Waals surface area (Å²) in [6.07, 6.45) is 2.79. The molecule has 0 aliphatic carbocycles. The summed E-state index contributed by atoms with van der Waals surface area (Å²) in [6.45, 7) is 6.81. The van der Waals surface area contributed by atoms with Crippen molar-refractivity contribution in [2.75, 3.05) is 19.1 Å². The van der Waals surface area contributed by atoms with E-state index in [9.17, 15) is 4.79 Å². The molecule has 0 spiro atoms. The number of carbonyl (C=O) groups excluding carboxylic acids is 1. The predicted octanol–water partition coefficient (Wildman–Crippen LogP) is 4.18. The molecule has 1 aliphatic heterocycles. The average molecular weight is 365 g/mol. The van der Waals surface area contributed by atoms with E-state index in [1.807, 2.05) is 6.07 Å². The summed E-state index contributed by atoms with van der Waals surface area (Å²) < 4.78 is 5.14. The van der Waals surface area contributed by atoms with Crippen LogP contribution in [-0.4, -0.2) is 31.8 Å². The van der Waals surface area contributed by atoms with E-state index in [2.05, 4.69) is 55.4 Å². The third-order valence-corrected chi connectivity index (χ3v) is 5.37. The van der Waals surface area contributed by atoms with Gasteiger partial charge in [-0.25, -0.2) is 5.43 Å². The first kappa shape index (κ1) is 19.0. The first-order valence-electron chi connectivity index (χ1n) is 9.17. The van der Waals surface area contributed by atoms with Gasteiger partial charge >= 0.3 is 0 Å². The van der Waals surface area contributed by atoms with Crippen LogP contribution in [-0.2, 0) is 0 Å². The zero-order valence-corrected chi connectivity index (χ0v) is 16.6. The van der Waals surface area contributed by atoms with Gasteiger partial charge in [0.05, 0.1) is 13.3 Å². The highest BCUT2D eigenvalue weighted by molar-refractivity contribution is 5.95. The molecule has 5 nitrogen and oxygen atoms in total. The van der Waals surface area contributed by atoms with E-state index in [0.29, 0.717) is 17.2 Å². The molecule has 0 bridgehead atoms. The fraction of sp³-hybridized carbons (Fsp3) is 0.364. The summed E-state index contributed by atoms with van der Waals surface area (Å²) in [7, 11) is 3.72. The zero-order chi connectivity index (χ0) is 19.6. The van der Waals surface area contributed by atoms with Crippen molar-refractivity contribution in [1.29, 1.82) is 0 Å². The van der Waals surface area contributed by atoms with Crippen molar-refractivity contribution in [3.05, 3.63) is 59.2 Å². The molecule has 0 saturated heterocycles. The summed E-state index contributed by atoms with van der Waals surface area (Å²) in [5.41, 5.74) is 6.78. The number of nitrogens with zero attached hydrogens (tertiary/aromatic N) is 2. The summed E-state index contributed by atoms with van der Waals surface area (Å²) in [4.78, 5) is 14.6. The molecular formula is C22H27N3O2. The molecule has 1 atom stereocenters. The number of amides is 1. The number of carbonyl (C=O) groups is 1. The van der Waals surface area contributed by atoms with Crippen LogP contribution in [0.5, 0.6) is 5.75 Å². The molecular weight excluding hydrogens is 338 g/mol. The van der Waals surface area contributed by atoms with Crippen LogP contribution in [0.15, 0.2) is 47.6 Å². The molecule has 1 amide bonds. The monoisotopic (exact) mass is 365 g/mol. The van der Waals surface area contributed by atoms with Crippen LogP contribution in [0.3, 0.4) is 0 Å². The minimum Gasteiger partial charge on any atom is -0.497 e. The maximum atomic E-state index is 12.2. The topological polar surface area (TPSA) is 53.9 Å². The van der Waals surface area contributed by atoms with Gasteiger partial charge in [-0.2, -0.15) is 5.10 Å². The Morgan fingerprint density at radius 3 is 2.81 bits per heavy atom. The first-order valence-corrected chi connectivity index (χ1v) is 9.17. The number of anilines is 1. The van der Waals surface area contributed by atoms with Crippen LogP contribution < -0.4 is 15.1 Å². The van der Waals surface area contributed by atoms with Gasteiger partial charge in [-0.15, -0.1) is 0 Å². The standard InChI is InChI=1S/C22H27N3O2/c1-15-13-22(2,3)25(4)20-10-9-16(11-19(15)20)14-23-24-21(26)17-7-6-8-18(12-17)27-5/h6-12,14-15H,13H2,1-5H3,(H,24,26)/b23-14+. The van der Waals surface area contributed by atoms with E-state index in [1.54, 1.807) is 37.6 Å². The highest BCUT2D eigenvalue weighted by Gasteiger charge is 2.33. The number of rotatable bonds is 4. The number of fused-ring (bicyclic) bond motifs is 1. The van der Waals surface area contributed by atoms with Crippen molar-refractivity contribution in [1.82, 2.24) is 5.43 Å². The maximum absolute atomic E-state index is 12.2. The Labute approximate surface area is 161 Å². The molecule has 2 aromatic rings. The molecule has 1 unspecified atom stereocenters. The highest BCUT2D eigenvalue weighted by Crippen LogP contribution is 2.42. The molecule has 142 valence electrons. The van der Waals surface area contributed by atoms with Gasteiger partial charge in [0.25, 0.3) is 5.91 Å². The highest BCUT2D eigenvalue weighted by atomic mass is 16.5. The summed E-state index contributed by atoms with van der Waals surface area (Å²) in [5, 5.41) is 4.12. The molecule has 0 aromatic heterocycles. The lowest BCUT2D eigenvalue weighted by atomic mass is 9.80. The van der Waals surface area contributed by atoms with Gasteiger partial charge < -0.3 is 9.64 Å². The number of nitrogens with one attached hydrogen (secondary N) is 1. The molecule has 27 heavy (non-hydrogen) atoms. The first-order chi connectivity index (χ1) is 12.8. The van der Waals surface area contributed by atoms with Gasteiger partial charge in [0.2, 0.25) is 0 Å². The summed E-state index contributed by atoms with van der Waals surface area (Å²) >= 11 is 0. The molecule has 1 N–H and O–H groups in total. The van der Waals surface area contributed by atoms with Crippen molar-refractivity contribution in [3.63, 3.8) is 0 Å². The predicted molar refractivity (Wildman–Crippen MR) is 110 cm³/mol. The summed E-state index contributed by atoms with van der Waals surface area (Å²) in [6, 6.07) is 13.3. The SMILES string of the molecule is COc1cccc(C(=O)N/N=C/c2ccc3c(c2)C(C)CC(C)(C)N3C)c1. The minimum absolute atomic E-state index is 0.146.